The number of hydrogen-bond acceptors (Lipinski definition) is 2. The fourth-order valence-electron chi connectivity index (χ4n) is 2.26. The second-order valence-electron chi connectivity index (χ2n) is 4.88. The van der Waals surface area contributed by atoms with Crippen LogP contribution >= 0.6 is 11.6 Å². The number of aromatic nitrogens is 2. The van der Waals surface area contributed by atoms with Gasteiger partial charge in [-0.1, -0.05) is 17.7 Å². The molecule has 1 atom stereocenters. The third kappa shape index (κ3) is 2.51. The molecule has 1 unspecified atom stereocenters. The average Bonchev–Trinajstić information content (AvgIpc) is 3.11. The second kappa shape index (κ2) is 4.94. The van der Waals surface area contributed by atoms with Crippen molar-refractivity contribution in [3.05, 3.63) is 52.8 Å². The molecule has 0 saturated heterocycles. The van der Waals surface area contributed by atoms with Gasteiger partial charge in [-0.25, -0.2) is 9.37 Å². The summed E-state index contributed by atoms with van der Waals surface area (Å²) in [5.41, 5.74) is 1.07. The van der Waals surface area contributed by atoms with E-state index >= 15 is 0 Å². The molecule has 19 heavy (non-hydrogen) atoms. The molecule has 1 aromatic carbocycles. The fourth-order valence-corrected chi connectivity index (χ4v) is 2.50. The van der Waals surface area contributed by atoms with E-state index in [4.69, 9.17) is 11.6 Å². The van der Waals surface area contributed by atoms with Crippen LogP contribution in [0, 0.1) is 5.82 Å². The largest absolute Gasteiger partial charge is 0.386 e. The standard InChI is InChI=1S/C14H14ClFN2O/c15-11-2-1-3-12(16)10(11)6-14(19)13-7-17-8-18(13)9-4-5-9/h1-3,7-9,14,19H,4-6H2. The van der Waals surface area contributed by atoms with E-state index in [0.29, 0.717) is 16.6 Å². The molecule has 3 nitrogen and oxygen atoms in total. The van der Waals surface area contributed by atoms with Gasteiger partial charge in [0.05, 0.1) is 24.3 Å². The summed E-state index contributed by atoms with van der Waals surface area (Å²) in [5, 5.41) is 10.6. The topological polar surface area (TPSA) is 38.1 Å². The summed E-state index contributed by atoms with van der Waals surface area (Å²) in [6.07, 6.45) is 4.94. The maximum absolute atomic E-state index is 13.7. The molecule has 1 fully saturated rings. The van der Waals surface area contributed by atoms with Gasteiger partial charge in [-0.05, 0) is 25.0 Å². The Kier molecular flexibility index (Phi) is 3.29. The van der Waals surface area contributed by atoms with Gasteiger partial charge in [0.25, 0.3) is 0 Å². The number of nitrogens with zero attached hydrogens (tertiary/aromatic N) is 2. The average molecular weight is 281 g/mol. The normalized spacial score (nSPS) is 16.6. The maximum Gasteiger partial charge on any atom is 0.127 e. The van der Waals surface area contributed by atoms with Crippen LogP contribution in [-0.2, 0) is 6.42 Å². The van der Waals surface area contributed by atoms with Crippen molar-refractivity contribution in [2.24, 2.45) is 0 Å². The zero-order valence-electron chi connectivity index (χ0n) is 10.3. The van der Waals surface area contributed by atoms with Crippen LogP contribution < -0.4 is 0 Å². The van der Waals surface area contributed by atoms with Gasteiger partial charge in [-0.15, -0.1) is 0 Å². The minimum Gasteiger partial charge on any atom is -0.386 e. The number of imidazole rings is 1. The number of aliphatic hydroxyl groups is 1. The van der Waals surface area contributed by atoms with E-state index < -0.39 is 6.10 Å². The SMILES string of the molecule is OC(Cc1c(F)cccc1Cl)c1cncn1C1CC1. The van der Waals surface area contributed by atoms with Crippen LogP contribution in [0.4, 0.5) is 4.39 Å². The Morgan fingerprint density at radius 2 is 2.26 bits per heavy atom. The molecule has 2 aromatic rings. The van der Waals surface area contributed by atoms with Gasteiger partial charge in [0.2, 0.25) is 0 Å². The van der Waals surface area contributed by atoms with Crippen molar-refractivity contribution >= 4 is 11.6 Å². The number of hydrogen-bond donors (Lipinski definition) is 1. The lowest BCUT2D eigenvalue weighted by atomic mass is 10.1. The van der Waals surface area contributed by atoms with Gasteiger partial charge in [-0.3, -0.25) is 0 Å². The van der Waals surface area contributed by atoms with Gasteiger partial charge >= 0.3 is 0 Å². The summed E-state index contributed by atoms with van der Waals surface area (Å²) in [4.78, 5) is 4.07. The number of aliphatic hydroxyl groups excluding tert-OH is 1. The Labute approximate surface area is 115 Å². The maximum atomic E-state index is 13.7. The highest BCUT2D eigenvalue weighted by Gasteiger charge is 2.27. The summed E-state index contributed by atoms with van der Waals surface area (Å²) in [5.74, 6) is -0.385. The summed E-state index contributed by atoms with van der Waals surface area (Å²) >= 11 is 5.98. The van der Waals surface area contributed by atoms with Crippen LogP contribution in [0.15, 0.2) is 30.7 Å². The number of rotatable bonds is 4. The predicted octanol–water partition coefficient (Wildman–Crippen LogP) is 3.29. The molecule has 0 bridgehead atoms. The molecule has 0 spiro atoms. The van der Waals surface area contributed by atoms with Crippen LogP contribution in [0.2, 0.25) is 5.02 Å². The molecular weight excluding hydrogens is 267 g/mol. The van der Waals surface area contributed by atoms with Crippen molar-refractivity contribution in [2.75, 3.05) is 0 Å². The molecule has 1 saturated carbocycles. The van der Waals surface area contributed by atoms with Crippen molar-refractivity contribution in [3.8, 4) is 0 Å². The van der Waals surface area contributed by atoms with Crippen molar-refractivity contribution in [2.45, 2.75) is 31.4 Å². The van der Waals surface area contributed by atoms with Crippen LogP contribution in [-0.4, -0.2) is 14.7 Å². The van der Waals surface area contributed by atoms with Crippen molar-refractivity contribution in [1.82, 2.24) is 9.55 Å². The molecule has 1 aliphatic rings. The Bertz CT molecular complexity index is 575. The van der Waals surface area contributed by atoms with Gasteiger partial charge in [0, 0.05) is 23.0 Å². The van der Waals surface area contributed by atoms with Crippen LogP contribution in [0.3, 0.4) is 0 Å². The van der Waals surface area contributed by atoms with Crippen LogP contribution in [0.1, 0.15) is 36.2 Å². The first-order valence-corrected chi connectivity index (χ1v) is 6.67. The lowest BCUT2D eigenvalue weighted by Crippen LogP contribution is -2.09. The van der Waals surface area contributed by atoms with E-state index in [0.717, 1.165) is 18.5 Å². The summed E-state index contributed by atoms with van der Waals surface area (Å²) in [6, 6.07) is 4.97. The molecule has 1 aromatic heterocycles. The van der Waals surface area contributed by atoms with E-state index in [1.807, 2.05) is 4.57 Å². The predicted molar refractivity (Wildman–Crippen MR) is 70.6 cm³/mol. The first-order chi connectivity index (χ1) is 9.16. The Hall–Kier alpha value is -1.39. The zero-order valence-corrected chi connectivity index (χ0v) is 11.0. The smallest absolute Gasteiger partial charge is 0.127 e. The monoisotopic (exact) mass is 280 g/mol. The molecule has 100 valence electrons. The first kappa shape index (κ1) is 12.6. The molecule has 3 rings (SSSR count). The Morgan fingerprint density at radius 3 is 2.95 bits per heavy atom. The second-order valence-corrected chi connectivity index (χ2v) is 5.28. The Balaban J connectivity index is 1.84. The number of halogens is 2. The van der Waals surface area contributed by atoms with Gasteiger partial charge in [0.15, 0.2) is 0 Å². The highest BCUT2D eigenvalue weighted by atomic mass is 35.5. The molecule has 0 aliphatic heterocycles. The molecule has 5 heteroatoms. The summed E-state index contributed by atoms with van der Waals surface area (Å²) < 4.78 is 15.7. The highest BCUT2D eigenvalue weighted by molar-refractivity contribution is 6.31. The molecule has 0 amide bonds. The third-order valence-corrected chi connectivity index (χ3v) is 3.79. The fraction of sp³-hybridized carbons (Fsp3) is 0.357. The van der Waals surface area contributed by atoms with E-state index in [9.17, 15) is 9.50 Å². The minimum absolute atomic E-state index is 0.157. The van der Waals surface area contributed by atoms with Crippen LogP contribution in [0.25, 0.3) is 0 Å². The van der Waals surface area contributed by atoms with E-state index in [1.165, 1.54) is 6.07 Å². The quantitative estimate of drug-likeness (QED) is 0.933. The molecule has 1 N–H and O–H groups in total. The van der Waals surface area contributed by atoms with E-state index in [2.05, 4.69) is 4.98 Å². The summed E-state index contributed by atoms with van der Waals surface area (Å²) in [7, 11) is 0. The zero-order chi connectivity index (χ0) is 13.4. The summed E-state index contributed by atoms with van der Waals surface area (Å²) in [6.45, 7) is 0. The van der Waals surface area contributed by atoms with Gasteiger partial charge in [0.1, 0.15) is 5.82 Å². The molecule has 0 radical (unpaired) electrons. The van der Waals surface area contributed by atoms with E-state index in [1.54, 1.807) is 24.7 Å². The van der Waals surface area contributed by atoms with Crippen molar-refractivity contribution < 1.29 is 9.50 Å². The lowest BCUT2D eigenvalue weighted by Gasteiger charge is -2.14. The molecule has 1 aliphatic carbocycles. The van der Waals surface area contributed by atoms with Crippen LogP contribution in [0.5, 0.6) is 0 Å². The molecular formula is C14H14ClFN2O. The molecule has 1 heterocycles. The lowest BCUT2D eigenvalue weighted by molar-refractivity contribution is 0.167. The third-order valence-electron chi connectivity index (χ3n) is 3.44. The van der Waals surface area contributed by atoms with Crippen molar-refractivity contribution in [1.29, 1.82) is 0 Å². The van der Waals surface area contributed by atoms with E-state index in [-0.39, 0.29) is 12.2 Å². The highest BCUT2D eigenvalue weighted by Crippen LogP contribution is 2.37. The number of benzene rings is 1. The van der Waals surface area contributed by atoms with Gasteiger partial charge < -0.3 is 9.67 Å². The Morgan fingerprint density at radius 1 is 1.47 bits per heavy atom. The van der Waals surface area contributed by atoms with Crippen molar-refractivity contribution in [3.63, 3.8) is 0 Å². The first-order valence-electron chi connectivity index (χ1n) is 6.29. The minimum atomic E-state index is -0.794. The van der Waals surface area contributed by atoms with Gasteiger partial charge in [-0.2, -0.15) is 0 Å².